The number of thioether (sulfide) groups is 1. The smallest absolute Gasteiger partial charge is 0.344 e. The van der Waals surface area contributed by atoms with E-state index >= 15 is 0 Å². The van der Waals surface area contributed by atoms with Crippen LogP contribution in [0.15, 0.2) is 10.0 Å². The molecule has 0 saturated carbocycles. The Bertz CT molecular complexity index is 510. The molecular formula is C12H18N4O2S2. The van der Waals surface area contributed by atoms with Gasteiger partial charge in [-0.05, 0) is 31.8 Å². The second-order valence-corrected chi connectivity index (χ2v) is 4.81. The molecule has 0 spiro atoms. The summed E-state index contributed by atoms with van der Waals surface area (Å²) in [5.74, 6) is 0.309. The molecule has 1 N–H and O–H groups in total. The van der Waals surface area contributed by atoms with E-state index in [1.54, 1.807) is 18.7 Å². The largest absolute Gasteiger partial charge is 0.462 e. The zero-order valence-electron chi connectivity index (χ0n) is 11.8. The lowest BCUT2D eigenvalue weighted by Gasteiger charge is -2.08. The van der Waals surface area contributed by atoms with Gasteiger partial charge in [0.1, 0.15) is 16.4 Å². The van der Waals surface area contributed by atoms with Crippen molar-refractivity contribution in [3.63, 3.8) is 0 Å². The van der Waals surface area contributed by atoms with Crippen molar-refractivity contribution in [2.24, 2.45) is 12.0 Å². The minimum atomic E-state index is -0.357. The summed E-state index contributed by atoms with van der Waals surface area (Å²) >= 11 is 5.92. The summed E-state index contributed by atoms with van der Waals surface area (Å²) in [6, 6.07) is 0. The number of ether oxygens (including phenoxy) is 1. The van der Waals surface area contributed by atoms with Crippen molar-refractivity contribution in [3.05, 3.63) is 5.56 Å². The van der Waals surface area contributed by atoms with Crippen LogP contribution in [0.2, 0.25) is 0 Å². The van der Waals surface area contributed by atoms with Gasteiger partial charge in [0.25, 0.3) is 0 Å². The Morgan fingerprint density at radius 3 is 3.00 bits per heavy atom. The first-order valence-corrected chi connectivity index (χ1v) is 7.84. The van der Waals surface area contributed by atoms with Crippen molar-refractivity contribution in [1.82, 2.24) is 9.78 Å². The molecule has 20 heavy (non-hydrogen) atoms. The monoisotopic (exact) mass is 314 g/mol. The number of aliphatic imine (C=N–C) groups is 1. The number of aromatic nitrogens is 2. The highest BCUT2D eigenvalue weighted by Crippen LogP contribution is 2.27. The van der Waals surface area contributed by atoms with E-state index in [1.165, 1.54) is 11.8 Å². The highest BCUT2D eigenvalue weighted by molar-refractivity contribution is 7.98. The van der Waals surface area contributed by atoms with Crippen molar-refractivity contribution in [2.45, 2.75) is 18.4 Å². The zero-order valence-corrected chi connectivity index (χ0v) is 13.4. The van der Waals surface area contributed by atoms with E-state index in [0.717, 1.165) is 6.42 Å². The average Bonchev–Trinajstić information content (AvgIpc) is 2.75. The van der Waals surface area contributed by atoms with Gasteiger partial charge in [0.2, 0.25) is 0 Å². The topological polar surface area (TPSA) is 68.5 Å². The van der Waals surface area contributed by atoms with Gasteiger partial charge in [0, 0.05) is 13.6 Å². The number of hydrogen-bond acceptors (Lipinski definition) is 7. The Morgan fingerprint density at radius 2 is 2.40 bits per heavy atom. The molecular weight excluding hydrogens is 296 g/mol. The predicted octanol–water partition coefficient (Wildman–Crippen LogP) is 2.22. The second-order valence-electron chi connectivity index (χ2n) is 3.83. The number of hydrogen-bond donors (Lipinski definition) is 1. The molecule has 0 unspecified atom stereocenters. The van der Waals surface area contributed by atoms with Crippen LogP contribution in [0, 0.1) is 0 Å². The van der Waals surface area contributed by atoms with Gasteiger partial charge in [-0.3, -0.25) is 4.68 Å². The molecule has 1 aromatic rings. The first-order valence-electron chi connectivity index (χ1n) is 6.21. The van der Waals surface area contributed by atoms with E-state index in [1.807, 2.05) is 6.26 Å². The molecule has 0 aliphatic carbocycles. The number of rotatable bonds is 8. The van der Waals surface area contributed by atoms with Gasteiger partial charge in [-0.1, -0.05) is 0 Å². The number of carbonyl (C=O) groups excluding carboxylic acids is 1. The van der Waals surface area contributed by atoms with Crippen LogP contribution in [0.5, 0.6) is 0 Å². The Balaban J connectivity index is 2.84. The lowest BCUT2D eigenvalue weighted by atomic mass is 10.3. The molecule has 0 bridgehead atoms. The summed E-state index contributed by atoms with van der Waals surface area (Å²) in [4.78, 5) is 15.9. The van der Waals surface area contributed by atoms with E-state index in [9.17, 15) is 4.79 Å². The molecule has 0 aliphatic rings. The molecule has 1 heterocycles. The number of nitrogens with one attached hydrogen (secondary N) is 1. The van der Waals surface area contributed by atoms with Crippen molar-refractivity contribution in [3.8, 4) is 0 Å². The van der Waals surface area contributed by atoms with Crippen LogP contribution < -0.4 is 5.32 Å². The van der Waals surface area contributed by atoms with Crippen LogP contribution in [0.1, 0.15) is 23.7 Å². The molecule has 110 valence electrons. The molecule has 0 amide bonds. The Kier molecular flexibility index (Phi) is 7.28. The first kappa shape index (κ1) is 16.7. The van der Waals surface area contributed by atoms with Crippen molar-refractivity contribution in [1.29, 1.82) is 0 Å². The van der Waals surface area contributed by atoms with Crippen LogP contribution in [-0.4, -0.2) is 46.9 Å². The van der Waals surface area contributed by atoms with Gasteiger partial charge >= 0.3 is 5.97 Å². The predicted molar refractivity (Wildman–Crippen MR) is 83.9 cm³/mol. The van der Waals surface area contributed by atoms with Crippen LogP contribution in [0.4, 0.5) is 5.82 Å². The molecule has 0 fully saturated rings. The average molecular weight is 314 g/mol. The van der Waals surface area contributed by atoms with E-state index in [0.29, 0.717) is 36.1 Å². The summed E-state index contributed by atoms with van der Waals surface area (Å²) in [7, 11) is 1.79. The Hall–Kier alpha value is -1.37. The minimum absolute atomic E-state index is 0.338. The molecule has 0 radical (unpaired) electrons. The fourth-order valence-corrected chi connectivity index (χ4v) is 2.32. The van der Waals surface area contributed by atoms with Crippen molar-refractivity contribution in [2.75, 3.05) is 31.3 Å². The number of esters is 1. The molecule has 0 atom stereocenters. The Labute approximate surface area is 128 Å². The van der Waals surface area contributed by atoms with Crippen molar-refractivity contribution >= 4 is 40.9 Å². The number of carbonyl (C=O) groups is 1. The van der Waals surface area contributed by atoms with E-state index in [2.05, 4.69) is 32.8 Å². The van der Waals surface area contributed by atoms with Crippen LogP contribution in [-0.2, 0) is 11.8 Å². The summed E-state index contributed by atoms with van der Waals surface area (Å²) in [6.45, 7) is 3.40. The second kappa shape index (κ2) is 8.73. The number of thiocarbonyl (C=S) groups is 1. The maximum Gasteiger partial charge on any atom is 0.344 e. The number of isothiocyanates is 1. The number of anilines is 1. The van der Waals surface area contributed by atoms with Gasteiger partial charge in [0.05, 0.1) is 18.3 Å². The molecule has 8 heteroatoms. The fourth-order valence-electron chi connectivity index (χ4n) is 1.64. The van der Waals surface area contributed by atoms with Gasteiger partial charge < -0.3 is 10.1 Å². The zero-order chi connectivity index (χ0) is 15.0. The minimum Gasteiger partial charge on any atom is -0.462 e. The summed E-state index contributed by atoms with van der Waals surface area (Å²) < 4.78 is 6.73. The standard InChI is InChI=1S/C12H18N4O2S2/c1-4-18-12(17)9-10(14-7-5-6-13-8-19)16(2)15-11(9)20-3/h14H,4-7H2,1-3H3. The quantitative estimate of drug-likeness (QED) is 0.261. The third kappa shape index (κ3) is 4.33. The molecule has 0 aromatic carbocycles. The van der Waals surface area contributed by atoms with Crippen molar-refractivity contribution < 1.29 is 9.53 Å². The highest BCUT2D eigenvalue weighted by atomic mass is 32.2. The molecule has 1 rings (SSSR count). The van der Waals surface area contributed by atoms with Crippen LogP contribution in [0.25, 0.3) is 0 Å². The normalized spacial score (nSPS) is 9.95. The SMILES string of the molecule is CCOC(=O)c1c(SC)nn(C)c1NCCCN=C=S. The summed E-state index contributed by atoms with van der Waals surface area (Å²) in [5.41, 5.74) is 0.486. The lowest BCUT2D eigenvalue weighted by Crippen LogP contribution is -2.12. The van der Waals surface area contributed by atoms with Gasteiger partial charge in [-0.15, -0.1) is 11.8 Å². The van der Waals surface area contributed by atoms with Crippen LogP contribution in [0.3, 0.4) is 0 Å². The third-order valence-electron chi connectivity index (χ3n) is 2.49. The van der Waals surface area contributed by atoms with E-state index in [4.69, 9.17) is 4.74 Å². The molecule has 0 aliphatic heterocycles. The van der Waals surface area contributed by atoms with Crippen LogP contribution >= 0.6 is 24.0 Å². The molecule has 1 aromatic heterocycles. The van der Waals surface area contributed by atoms with Gasteiger partial charge in [-0.25, -0.2) is 9.79 Å². The molecule has 0 saturated heterocycles. The summed E-state index contributed by atoms with van der Waals surface area (Å²) in [6.07, 6.45) is 2.68. The van der Waals surface area contributed by atoms with E-state index in [-0.39, 0.29) is 5.97 Å². The maximum atomic E-state index is 12.0. The number of nitrogens with zero attached hydrogens (tertiary/aromatic N) is 3. The highest BCUT2D eigenvalue weighted by Gasteiger charge is 2.23. The Morgan fingerprint density at radius 1 is 1.65 bits per heavy atom. The summed E-state index contributed by atoms with van der Waals surface area (Å²) in [5, 5.41) is 10.5. The van der Waals surface area contributed by atoms with E-state index < -0.39 is 0 Å². The maximum absolute atomic E-state index is 12.0. The van der Waals surface area contributed by atoms with Gasteiger partial charge in [0.15, 0.2) is 0 Å². The third-order valence-corrected chi connectivity index (χ3v) is 3.29. The molecule has 6 nitrogen and oxygen atoms in total. The fraction of sp³-hybridized carbons (Fsp3) is 0.583. The van der Waals surface area contributed by atoms with Gasteiger partial charge in [-0.2, -0.15) is 5.10 Å². The lowest BCUT2D eigenvalue weighted by molar-refractivity contribution is 0.0523. The number of aryl methyl sites for hydroxylation is 1. The first-order chi connectivity index (χ1) is 9.65.